The van der Waals surface area contributed by atoms with Gasteiger partial charge in [-0.05, 0) is 42.6 Å². The first-order chi connectivity index (χ1) is 18.8. The second kappa shape index (κ2) is 19.5. The van der Waals surface area contributed by atoms with Crippen molar-refractivity contribution in [3.8, 4) is 0 Å². The summed E-state index contributed by atoms with van der Waals surface area (Å²) in [5.41, 5.74) is 3.46. The minimum atomic E-state index is -0.406. The molecule has 0 spiro atoms. The predicted octanol–water partition coefficient (Wildman–Crippen LogP) is 4.90. The van der Waals surface area contributed by atoms with E-state index >= 15 is 0 Å². The van der Waals surface area contributed by atoms with Crippen molar-refractivity contribution in [3.05, 3.63) is 108 Å². The van der Waals surface area contributed by atoms with Crippen LogP contribution in [0.15, 0.2) is 91.0 Å². The molecule has 3 aromatic carbocycles. The molecule has 0 radical (unpaired) electrons. The van der Waals surface area contributed by atoms with Crippen LogP contribution in [0.3, 0.4) is 0 Å². The van der Waals surface area contributed by atoms with Gasteiger partial charge in [-0.3, -0.25) is 0 Å². The molecule has 3 rings (SSSR count). The summed E-state index contributed by atoms with van der Waals surface area (Å²) in [6.45, 7) is 8.94. The van der Waals surface area contributed by atoms with Gasteiger partial charge < -0.3 is 30.2 Å². The zero-order valence-electron chi connectivity index (χ0n) is 22.8. The molecule has 0 aliphatic rings. The molecule has 1 atom stereocenters. The van der Waals surface area contributed by atoms with Crippen molar-refractivity contribution in [2.75, 3.05) is 39.3 Å². The summed E-state index contributed by atoms with van der Waals surface area (Å²) in [5, 5.41) is 10.7. The van der Waals surface area contributed by atoms with Gasteiger partial charge in [0, 0.05) is 26.2 Å². The van der Waals surface area contributed by atoms with Gasteiger partial charge in [-0.25, -0.2) is 0 Å². The minimum Gasteiger partial charge on any atom is -0.377 e. The molecule has 0 heterocycles. The Morgan fingerprint density at radius 3 is 1.68 bits per heavy atom. The Hall–Kier alpha value is -2.58. The van der Waals surface area contributed by atoms with Gasteiger partial charge in [0.15, 0.2) is 6.29 Å². The van der Waals surface area contributed by atoms with Gasteiger partial charge in [0.25, 0.3) is 0 Å². The predicted molar refractivity (Wildman–Crippen MR) is 155 cm³/mol. The summed E-state index contributed by atoms with van der Waals surface area (Å²) in [6, 6.07) is 30.8. The van der Waals surface area contributed by atoms with Crippen molar-refractivity contribution in [2.45, 2.75) is 51.9 Å². The Kier molecular flexibility index (Phi) is 15.4. The lowest BCUT2D eigenvalue weighted by molar-refractivity contribution is -0.172. The fourth-order valence-corrected chi connectivity index (χ4v) is 4.01. The van der Waals surface area contributed by atoms with Gasteiger partial charge in [0.2, 0.25) is 0 Å². The molecule has 0 saturated heterocycles. The van der Waals surface area contributed by atoms with Crippen LogP contribution in [-0.2, 0) is 34.0 Å². The molecule has 6 nitrogen and oxygen atoms in total. The number of hydrogen-bond donors (Lipinski definition) is 3. The largest absolute Gasteiger partial charge is 0.377 e. The molecule has 3 aromatic rings. The average molecular weight is 520 g/mol. The summed E-state index contributed by atoms with van der Waals surface area (Å²) >= 11 is 0. The summed E-state index contributed by atoms with van der Waals surface area (Å²) in [5.74, 6) is 0. The smallest absolute Gasteiger partial charge is 0.174 e. The van der Waals surface area contributed by atoms with E-state index in [9.17, 15) is 0 Å². The number of benzene rings is 3. The fourth-order valence-electron chi connectivity index (χ4n) is 4.01. The number of nitrogens with one attached hydrogen (secondary N) is 3. The Morgan fingerprint density at radius 2 is 1.13 bits per heavy atom. The third-order valence-electron chi connectivity index (χ3n) is 6.10. The van der Waals surface area contributed by atoms with Crippen molar-refractivity contribution < 1.29 is 14.2 Å². The molecule has 206 valence electrons. The Balaban J connectivity index is 1.54. The third-order valence-corrected chi connectivity index (χ3v) is 6.10. The standard InChI is InChI=1S/C32H45N3O3/c1-2-19-33-21-22-34-24-31(35-20-12-23-36-25-28-13-6-3-7-14-28)32(37-26-29-15-8-4-9-16-29)38-27-30-17-10-5-11-18-30/h3-11,13-18,31-35H,2,12,19-27H2,1H3. The molecule has 0 aliphatic carbocycles. The van der Waals surface area contributed by atoms with Crippen LogP contribution in [0.25, 0.3) is 0 Å². The minimum absolute atomic E-state index is 0.0114. The molecule has 0 saturated carbocycles. The van der Waals surface area contributed by atoms with Crippen LogP contribution in [-0.4, -0.2) is 51.7 Å². The lowest BCUT2D eigenvalue weighted by Gasteiger charge is -2.29. The van der Waals surface area contributed by atoms with Gasteiger partial charge in [-0.1, -0.05) is 97.9 Å². The van der Waals surface area contributed by atoms with E-state index in [1.807, 2.05) is 54.6 Å². The highest BCUT2D eigenvalue weighted by atomic mass is 16.7. The molecule has 3 N–H and O–H groups in total. The number of rotatable bonds is 21. The maximum atomic E-state index is 6.37. The van der Waals surface area contributed by atoms with Crippen LogP contribution in [0.4, 0.5) is 0 Å². The third kappa shape index (κ3) is 12.8. The van der Waals surface area contributed by atoms with E-state index < -0.39 is 6.29 Å². The van der Waals surface area contributed by atoms with E-state index in [0.29, 0.717) is 26.4 Å². The van der Waals surface area contributed by atoms with Crippen LogP contribution < -0.4 is 16.0 Å². The van der Waals surface area contributed by atoms with Crippen LogP contribution >= 0.6 is 0 Å². The van der Waals surface area contributed by atoms with Crippen molar-refractivity contribution in [1.29, 1.82) is 0 Å². The molecule has 0 fully saturated rings. The summed E-state index contributed by atoms with van der Waals surface area (Å²) < 4.78 is 18.6. The SMILES string of the molecule is CCCNCCNCC(NCCCOCc1ccccc1)C(OCc1ccccc1)OCc1ccccc1. The highest BCUT2D eigenvalue weighted by Gasteiger charge is 2.23. The zero-order chi connectivity index (χ0) is 26.5. The molecule has 0 amide bonds. The number of hydrogen-bond acceptors (Lipinski definition) is 6. The van der Waals surface area contributed by atoms with E-state index in [1.165, 1.54) is 5.56 Å². The quantitative estimate of drug-likeness (QED) is 0.137. The lowest BCUT2D eigenvalue weighted by atomic mass is 10.2. The molecule has 0 aliphatic heterocycles. The van der Waals surface area contributed by atoms with E-state index in [4.69, 9.17) is 14.2 Å². The highest BCUT2D eigenvalue weighted by Crippen LogP contribution is 2.12. The second-order valence-corrected chi connectivity index (χ2v) is 9.37. The van der Waals surface area contributed by atoms with Crippen LogP contribution in [0.5, 0.6) is 0 Å². The van der Waals surface area contributed by atoms with Crippen molar-refractivity contribution >= 4 is 0 Å². The van der Waals surface area contributed by atoms with E-state index in [2.05, 4.69) is 59.3 Å². The van der Waals surface area contributed by atoms with Gasteiger partial charge in [0.1, 0.15) is 0 Å². The monoisotopic (exact) mass is 519 g/mol. The Bertz CT molecular complexity index is 900. The first kappa shape index (κ1) is 30.0. The summed E-state index contributed by atoms with van der Waals surface area (Å²) in [7, 11) is 0. The molecule has 0 aromatic heterocycles. The zero-order valence-corrected chi connectivity index (χ0v) is 22.8. The molecular weight excluding hydrogens is 474 g/mol. The maximum Gasteiger partial charge on any atom is 0.174 e. The van der Waals surface area contributed by atoms with Crippen molar-refractivity contribution in [2.24, 2.45) is 0 Å². The molecule has 0 bridgehead atoms. The lowest BCUT2D eigenvalue weighted by Crippen LogP contribution is -2.50. The summed E-state index contributed by atoms with van der Waals surface area (Å²) in [6.07, 6.45) is 1.64. The van der Waals surface area contributed by atoms with Gasteiger partial charge >= 0.3 is 0 Å². The van der Waals surface area contributed by atoms with E-state index in [-0.39, 0.29) is 6.04 Å². The maximum absolute atomic E-state index is 6.37. The molecule has 6 heteroatoms. The van der Waals surface area contributed by atoms with Gasteiger partial charge in [-0.15, -0.1) is 0 Å². The topological polar surface area (TPSA) is 63.8 Å². The van der Waals surface area contributed by atoms with Crippen LogP contribution in [0, 0.1) is 0 Å². The van der Waals surface area contributed by atoms with E-state index in [1.54, 1.807) is 0 Å². The first-order valence-corrected chi connectivity index (χ1v) is 13.9. The van der Waals surface area contributed by atoms with Crippen molar-refractivity contribution in [1.82, 2.24) is 16.0 Å². The number of ether oxygens (including phenoxy) is 3. The van der Waals surface area contributed by atoms with Crippen LogP contribution in [0.2, 0.25) is 0 Å². The highest BCUT2D eigenvalue weighted by molar-refractivity contribution is 5.15. The fraction of sp³-hybridized carbons (Fsp3) is 0.438. The Morgan fingerprint density at radius 1 is 0.605 bits per heavy atom. The van der Waals surface area contributed by atoms with E-state index in [0.717, 1.165) is 56.7 Å². The van der Waals surface area contributed by atoms with Crippen molar-refractivity contribution in [3.63, 3.8) is 0 Å². The Labute approximate surface area is 229 Å². The average Bonchev–Trinajstić information content (AvgIpc) is 2.97. The first-order valence-electron chi connectivity index (χ1n) is 13.9. The van der Waals surface area contributed by atoms with Crippen LogP contribution in [0.1, 0.15) is 36.5 Å². The summed E-state index contributed by atoms with van der Waals surface area (Å²) in [4.78, 5) is 0. The van der Waals surface area contributed by atoms with Gasteiger partial charge in [-0.2, -0.15) is 0 Å². The molecular formula is C32H45N3O3. The molecule has 1 unspecified atom stereocenters. The second-order valence-electron chi connectivity index (χ2n) is 9.37. The normalized spacial score (nSPS) is 12.2. The van der Waals surface area contributed by atoms with Gasteiger partial charge in [0.05, 0.1) is 25.9 Å². The molecule has 38 heavy (non-hydrogen) atoms.